The van der Waals surface area contributed by atoms with E-state index in [9.17, 15) is 21.6 Å². The number of alkyl halides is 1. The lowest BCUT2D eigenvalue weighted by molar-refractivity contribution is 0.0588. The molecule has 2 heterocycles. The minimum absolute atomic E-state index is 0.0166. The van der Waals surface area contributed by atoms with E-state index >= 15 is 0 Å². The third kappa shape index (κ3) is 5.01. The van der Waals surface area contributed by atoms with E-state index in [0.29, 0.717) is 30.8 Å². The first kappa shape index (κ1) is 22.8. The van der Waals surface area contributed by atoms with Crippen LogP contribution in [-0.4, -0.2) is 37.6 Å². The number of rotatable bonds is 8. The Bertz CT molecular complexity index is 1220. The van der Waals surface area contributed by atoms with Gasteiger partial charge in [-0.05, 0) is 23.8 Å². The summed E-state index contributed by atoms with van der Waals surface area (Å²) >= 11 is 7.37. The van der Waals surface area contributed by atoms with Crippen LogP contribution in [-0.2, 0) is 23.1 Å². The lowest BCUT2D eigenvalue weighted by Gasteiger charge is -2.34. The molecule has 170 valence electrons. The highest BCUT2D eigenvalue weighted by molar-refractivity contribution is 7.92. The minimum atomic E-state index is -4.24. The van der Waals surface area contributed by atoms with Gasteiger partial charge in [-0.15, -0.1) is 11.3 Å². The fourth-order valence-corrected chi connectivity index (χ4v) is 5.27. The number of likely N-dealkylation sites (tertiary alicyclic amines) is 1. The van der Waals surface area contributed by atoms with Gasteiger partial charge in [-0.2, -0.15) is 0 Å². The molecule has 2 aromatic carbocycles. The van der Waals surface area contributed by atoms with Gasteiger partial charge in [0, 0.05) is 37.1 Å². The molecule has 0 spiro atoms. The SMILES string of the molecule is O=S(=O)(Nc1cscn1)c1cc(Cl)c(NCc2c(F)cccc2CN2CC(F)C2)cc1F. The van der Waals surface area contributed by atoms with E-state index in [2.05, 4.69) is 15.0 Å². The molecule has 12 heteroatoms. The summed E-state index contributed by atoms with van der Waals surface area (Å²) in [6.07, 6.45) is -0.869. The van der Waals surface area contributed by atoms with Crippen molar-refractivity contribution in [3.8, 4) is 0 Å². The van der Waals surface area contributed by atoms with E-state index in [-0.39, 0.29) is 23.1 Å². The third-order valence-electron chi connectivity index (χ3n) is 4.96. The molecule has 4 rings (SSSR count). The van der Waals surface area contributed by atoms with Crippen molar-refractivity contribution in [1.82, 2.24) is 9.88 Å². The third-order valence-corrected chi connectivity index (χ3v) is 7.23. The van der Waals surface area contributed by atoms with Crippen LogP contribution in [0.5, 0.6) is 0 Å². The van der Waals surface area contributed by atoms with Gasteiger partial charge in [-0.25, -0.2) is 26.6 Å². The van der Waals surface area contributed by atoms with Gasteiger partial charge in [0.05, 0.1) is 16.2 Å². The molecule has 0 saturated carbocycles. The summed E-state index contributed by atoms with van der Waals surface area (Å²) in [5.74, 6) is -1.42. The molecule has 1 aromatic heterocycles. The Kier molecular flexibility index (Phi) is 6.61. The molecule has 6 nitrogen and oxygen atoms in total. The average molecular weight is 503 g/mol. The van der Waals surface area contributed by atoms with Crippen LogP contribution in [0.3, 0.4) is 0 Å². The Hall–Kier alpha value is -2.34. The fourth-order valence-electron chi connectivity index (χ4n) is 3.34. The Morgan fingerprint density at radius 1 is 1.22 bits per heavy atom. The maximum absolute atomic E-state index is 14.6. The van der Waals surface area contributed by atoms with E-state index in [4.69, 9.17) is 11.6 Å². The van der Waals surface area contributed by atoms with Gasteiger partial charge < -0.3 is 5.32 Å². The molecule has 1 aliphatic heterocycles. The molecular weight excluding hydrogens is 485 g/mol. The first-order chi connectivity index (χ1) is 15.2. The molecule has 0 unspecified atom stereocenters. The first-order valence-corrected chi connectivity index (χ1v) is 12.3. The molecule has 1 saturated heterocycles. The van der Waals surface area contributed by atoms with Crippen LogP contribution in [0.4, 0.5) is 24.7 Å². The van der Waals surface area contributed by atoms with Gasteiger partial charge in [0.25, 0.3) is 10.0 Å². The summed E-state index contributed by atoms with van der Waals surface area (Å²) in [4.78, 5) is 5.03. The van der Waals surface area contributed by atoms with Crippen LogP contribution in [0.25, 0.3) is 0 Å². The van der Waals surface area contributed by atoms with Crippen LogP contribution < -0.4 is 10.0 Å². The molecule has 0 radical (unpaired) electrons. The highest BCUT2D eigenvalue weighted by Crippen LogP contribution is 2.30. The van der Waals surface area contributed by atoms with Crippen molar-refractivity contribution in [3.63, 3.8) is 0 Å². The zero-order valence-electron chi connectivity index (χ0n) is 16.5. The fraction of sp³-hybridized carbons (Fsp3) is 0.250. The maximum atomic E-state index is 14.6. The predicted molar refractivity (Wildman–Crippen MR) is 118 cm³/mol. The molecule has 1 aliphatic rings. The second-order valence-electron chi connectivity index (χ2n) is 7.26. The van der Waals surface area contributed by atoms with Gasteiger partial charge >= 0.3 is 0 Å². The van der Waals surface area contributed by atoms with Crippen molar-refractivity contribution in [1.29, 1.82) is 0 Å². The second kappa shape index (κ2) is 9.26. The number of anilines is 2. The largest absolute Gasteiger partial charge is 0.380 e. The molecular formula is C20H18ClF3N4O2S2. The predicted octanol–water partition coefficient (Wildman–Crippen LogP) is 4.64. The Morgan fingerprint density at radius 3 is 2.69 bits per heavy atom. The number of hydrogen-bond donors (Lipinski definition) is 2. The Morgan fingerprint density at radius 2 is 2.00 bits per heavy atom. The zero-order valence-corrected chi connectivity index (χ0v) is 18.9. The normalized spacial score (nSPS) is 14.9. The van der Waals surface area contributed by atoms with E-state index in [1.807, 2.05) is 4.90 Å². The van der Waals surface area contributed by atoms with Crippen LogP contribution in [0.2, 0.25) is 5.02 Å². The topological polar surface area (TPSA) is 74.3 Å². The molecule has 3 aromatic rings. The number of nitrogens with zero attached hydrogens (tertiary/aromatic N) is 2. The molecule has 2 N–H and O–H groups in total. The smallest absolute Gasteiger partial charge is 0.266 e. The Labute approximate surface area is 192 Å². The van der Waals surface area contributed by atoms with Gasteiger partial charge in [-0.1, -0.05) is 23.7 Å². The lowest BCUT2D eigenvalue weighted by Crippen LogP contribution is -2.47. The molecule has 0 amide bonds. The van der Waals surface area contributed by atoms with Crippen molar-refractivity contribution in [2.45, 2.75) is 24.2 Å². The molecule has 0 atom stereocenters. The van der Waals surface area contributed by atoms with Gasteiger partial charge in [0.1, 0.15) is 22.7 Å². The zero-order chi connectivity index (χ0) is 22.9. The van der Waals surface area contributed by atoms with Crippen molar-refractivity contribution >= 4 is 44.5 Å². The lowest BCUT2D eigenvalue weighted by atomic mass is 10.0. The van der Waals surface area contributed by atoms with Crippen LogP contribution >= 0.6 is 22.9 Å². The first-order valence-electron chi connectivity index (χ1n) is 9.49. The van der Waals surface area contributed by atoms with Crippen LogP contribution in [0.1, 0.15) is 11.1 Å². The van der Waals surface area contributed by atoms with E-state index < -0.39 is 32.7 Å². The molecule has 0 aliphatic carbocycles. The number of halogens is 4. The average Bonchev–Trinajstić information content (AvgIpc) is 3.20. The summed E-state index contributed by atoms with van der Waals surface area (Å²) in [7, 11) is -4.24. The number of thiazole rings is 1. The monoisotopic (exact) mass is 502 g/mol. The number of nitrogens with one attached hydrogen (secondary N) is 2. The van der Waals surface area contributed by atoms with Crippen LogP contribution in [0, 0.1) is 11.6 Å². The summed E-state index contributed by atoms with van der Waals surface area (Å²) in [5.41, 5.74) is 2.56. The quantitative estimate of drug-likeness (QED) is 0.469. The van der Waals surface area contributed by atoms with Crippen molar-refractivity contribution in [2.75, 3.05) is 23.1 Å². The van der Waals surface area contributed by atoms with Gasteiger partial charge in [-0.3, -0.25) is 9.62 Å². The summed E-state index contributed by atoms with van der Waals surface area (Å²) in [6.45, 7) is 0.963. The van der Waals surface area contributed by atoms with Crippen LogP contribution in [0.15, 0.2) is 46.1 Å². The van der Waals surface area contributed by atoms with Gasteiger partial charge in [0.15, 0.2) is 5.82 Å². The number of sulfonamides is 1. The summed E-state index contributed by atoms with van der Waals surface area (Å²) in [5, 5.41) is 4.28. The van der Waals surface area contributed by atoms with Crippen molar-refractivity contribution in [3.05, 3.63) is 69.0 Å². The second-order valence-corrected chi connectivity index (χ2v) is 10.0. The van der Waals surface area contributed by atoms with Gasteiger partial charge in [0.2, 0.25) is 0 Å². The molecule has 1 fully saturated rings. The number of hydrogen-bond acceptors (Lipinski definition) is 6. The number of benzene rings is 2. The van der Waals surface area contributed by atoms with E-state index in [1.54, 1.807) is 12.1 Å². The van der Waals surface area contributed by atoms with E-state index in [0.717, 1.165) is 12.1 Å². The number of aromatic nitrogens is 1. The standard InChI is InChI=1S/C20H18ClF3N4O2S2/c21-15-4-19(32(29,30)27-20-10-31-11-26-20)17(24)5-18(15)25-6-14-12(2-1-3-16(14)23)7-28-8-13(22)9-28/h1-5,10-11,13,25,27H,6-9H2. The summed E-state index contributed by atoms with van der Waals surface area (Å²) < 4.78 is 69.3. The van der Waals surface area contributed by atoms with Crippen molar-refractivity contribution in [2.24, 2.45) is 0 Å². The summed E-state index contributed by atoms with van der Waals surface area (Å²) in [6, 6.07) is 6.55. The van der Waals surface area contributed by atoms with Crippen molar-refractivity contribution < 1.29 is 21.6 Å². The Balaban J connectivity index is 1.52. The highest BCUT2D eigenvalue weighted by atomic mass is 35.5. The molecule has 0 bridgehead atoms. The van der Waals surface area contributed by atoms with E-state index in [1.165, 1.54) is 28.3 Å². The minimum Gasteiger partial charge on any atom is -0.380 e. The maximum Gasteiger partial charge on any atom is 0.266 e. The molecule has 32 heavy (non-hydrogen) atoms. The highest BCUT2D eigenvalue weighted by Gasteiger charge is 2.27.